The van der Waals surface area contributed by atoms with Crippen LogP contribution in [0, 0.1) is 5.92 Å². The Morgan fingerprint density at radius 1 is 1.32 bits per heavy atom. The van der Waals surface area contributed by atoms with E-state index in [4.69, 9.17) is 0 Å². The van der Waals surface area contributed by atoms with Crippen LogP contribution in [0.1, 0.15) is 18.9 Å². The third-order valence-electron chi connectivity index (χ3n) is 3.66. The Labute approximate surface area is 132 Å². The molecule has 0 amide bonds. The molecule has 1 aliphatic rings. The van der Waals surface area contributed by atoms with E-state index in [1.165, 1.54) is 0 Å². The van der Waals surface area contributed by atoms with Crippen LogP contribution in [-0.2, 0) is 16.6 Å². The summed E-state index contributed by atoms with van der Waals surface area (Å²) in [6.45, 7) is 2.81. The van der Waals surface area contributed by atoms with Crippen molar-refractivity contribution in [3.63, 3.8) is 0 Å². The van der Waals surface area contributed by atoms with E-state index in [2.05, 4.69) is 27.3 Å². The first-order valence-corrected chi connectivity index (χ1v) is 9.14. The van der Waals surface area contributed by atoms with Crippen molar-refractivity contribution in [3.05, 3.63) is 35.9 Å². The first-order valence-electron chi connectivity index (χ1n) is 7.48. The standard InChI is InChI=1S/C15H24N4O2S/c1-12-10-14(12)19-15(16-2)17-8-9-22(20,21)18-11-13-6-4-3-5-7-13/h3-7,12,14,18H,8-11H2,1-2H3,(H2,16,17,19). The van der Waals surface area contributed by atoms with Gasteiger partial charge in [-0.15, -0.1) is 0 Å². The lowest BCUT2D eigenvalue weighted by Crippen LogP contribution is -2.42. The average Bonchev–Trinajstić information content (AvgIpc) is 3.20. The molecule has 6 nitrogen and oxygen atoms in total. The number of nitrogens with zero attached hydrogens (tertiary/aromatic N) is 1. The molecule has 0 radical (unpaired) electrons. The Balaban J connectivity index is 1.70. The lowest BCUT2D eigenvalue weighted by molar-refractivity contribution is 0.580. The Morgan fingerprint density at radius 2 is 2.00 bits per heavy atom. The van der Waals surface area contributed by atoms with E-state index >= 15 is 0 Å². The number of aliphatic imine (C=N–C) groups is 1. The highest BCUT2D eigenvalue weighted by atomic mass is 32.2. The van der Waals surface area contributed by atoms with Crippen LogP contribution in [-0.4, -0.2) is 39.8 Å². The van der Waals surface area contributed by atoms with Crippen molar-refractivity contribution in [2.24, 2.45) is 10.9 Å². The zero-order valence-corrected chi connectivity index (χ0v) is 13.9. The average molecular weight is 324 g/mol. The van der Waals surface area contributed by atoms with E-state index < -0.39 is 10.0 Å². The van der Waals surface area contributed by atoms with Crippen LogP contribution >= 0.6 is 0 Å². The molecule has 0 heterocycles. The molecule has 2 atom stereocenters. The molecule has 0 aliphatic heterocycles. The van der Waals surface area contributed by atoms with Gasteiger partial charge in [-0.3, -0.25) is 4.99 Å². The minimum absolute atomic E-state index is 0.0146. The molecule has 1 aromatic rings. The van der Waals surface area contributed by atoms with Gasteiger partial charge < -0.3 is 10.6 Å². The molecule has 1 aliphatic carbocycles. The zero-order valence-electron chi connectivity index (χ0n) is 13.0. The van der Waals surface area contributed by atoms with E-state index in [-0.39, 0.29) is 5.75 Å². The normalized spacial score (nSPS) is 21.5. The van der Waals surface area contributed by atoms with Crippen LogP contribution in [0.3, 0.4) is 0 Å². The minimum atomic E-state index is -3.30. The smallest absolute Gasteiger partial charge is 0.213 e. The van der Waals surface area contributed by atoms with Gasteiger partial charge in [0.15, 0.2) is 5.96 Å². The van der Waals surface area contributed by atoms with Crippen molar-refractivity contribution in [3.8, 4) is 0 Å². The van der Waals surface area contributed by atoms with Crippen molar-refractivity contribution in [1.29, 1.82) is 0 Å². The van der Waals surface area contributed by atoms with Crippen LogP contribution in [0.25, 0.3) is 0 Å². The number of hydrogen-bond donors (Lipinski definition) is 3. The van der Waals surface area contributed by atoms with E-state index in [9.17, 15) is 8.42 Å². The molecule has 2 rings (SSSR count). The molecule has 0 spiro atoms. The van der Waals surface area contributed by atoms with Gasteiger partial charge in [-0.1, -0.05) is 37.3 Å². The van der Waals surface area contributed by atoms with Crippen LogP contribution in [0.2, 0.25) is 0 Å². The second-order valence-electron chi connectivity index (χ2n) is 5.59. The van der Waals surface area contributed by atoms with Gasteiger partial charge in [0.2, 0.25) is 10.0 Å². The molecule has 122 valence electrons. The monoisotopic (exact) mass is 324 g/mol. The van der Waals surface area contributed by atoms with E-state index in [0.29, 0.717) is 31.0 Å². The lowest BCUT2D eigenvalue weighted by Gasteiger charge is -2.12. The summed E-state index contributed by atoms with van der Waals surface area (Å²) in [5, 5.41) is 6.29. The van der Waals surface area contributed by atoms with Gasteiger partial charge in [-0.25, -0.2) is 13.1 Å². The lowest BCUT2D eigenvalue weighted by atomic mass is 10.2. The second kappa shape index (κ2) is 7.60. The fourth-order valence-electron chi connectivity index (χ4n) is 2.06. The summed E-state index contributed by atoms with van der Waals surface area (Å²) in [7, 11) is -1.62. The number of guanidine groups is 1. The summed E-state index contributed by atoms with van der Waals surface area (Å²) in [4.78, 5) is 4.09. The Hall–Kier alpha value is -1.60. The van der Waals surface area contributed by atoms with Gasteiger partial charge in [-0.05, 0) is 17.9 Å². The van der Waals surface area contributed by atoms with Crippen molar-refractivity contribution in [2.75, 3.05) is 19.3 Å². The number of nitrogens with one attached hydrogen (secondary N) is 3. The van der Waals surface area contributed by atoms with E-state index in [1.807, 2.05) is 30.3 Å². The Bertz CT molecular complexity index is 601. The summed E-state index contributed by atoms with van der Waals surface area (Å²) in [5.74, 6) is 1.34. The molecule has 1 fully saturated rings. The van der Waals surface area contributed by atoms with Crippen LogP contribution < -0.4 is 15.4 Å². The fraction of sp³-hybridized carbons (Fsp3) is 0.533. The SMILES string of the molecule is CN=C(NCCS(=O)(=O)NCc1ccccc1)NC1CC1C. The van der Waals surface area contributed by atoms with Gasteiger partial charge in [0.05, 0.1) is 5.75 Å². The highest BCUT2D eigenvalue weighted by molar-refractivity contribution is 7.89. The van der Waals surface area contributed by atoms with Crippen molar-refractivity contribution in [1.82, 2.24) is 15.4 Å². The topological polar surface area (TPSA) is 82.6 Å². The van der Waals surface area contributed by atoms with Crippen molar-refractivity contribution >= 4 is 16.0 Å². The number of benzene rings is 1. The molecule has 7 heteroatoms. The maximum absolute atomic E-state index is 11.9. The van der Waals surface area contributed by atoms with Gasteiger partial charge in [0.25, 0.3) is 0 Å². The van der Waals surface area contributed by atoms with Crippen molar-refractivity contribution < 1.29 is 8.42 Å². The summed E-state index contributed by atoms with van der Waals surface area (Å²) >= 11 is 0. The Kier molecular flexibility index (Phi) is 5.79. The molecule has 3 N–H and O–H groups in total. The van der Waals surface area contributed by atoms with Crippen LogP contribution in [0.4, 0.5) is 0 Å². The summed E-state index contributed by atoms with van der Waals surface area (Å²) < 4.78 is 26.5. The molecular weight excluding hydrogens is 300 g/mol. The molecule has 0 saturated heterocycles. The first kappa shape index (κ1) is 16.8. The highest BCUT2D eigenvalue weighted by Crippen LogP contribution is 2.28. The number of hydrogen-bond acceptors (Lipinski definition) is 3. The molecule has 0 aromatic heterocycles. The molecule has 1 saturated carbocycles. The fourth-order valence-corrected chi connectivity index (χ4v) is 2.96. The predicted molar refractivity (Wildman–Crippen MR) is 89.1 cm³/mol. The van der Waals surface area contributed by atoms with Gasteiger partial charge >= 0.3 is 0 Å². The van der Waals surface area contributed by atoms with Gasteiger partial charge in [-0.2, -0.15) is 0 Å². The summed E-state index contributed by atoms with van der Waals surface area (Å²) in [6, 6.07) is 9.92. The maximum Gasteiger partial charge on any atom is 0.213 e. The highest BCUT2D eigenvalue weighted by Gasteiger charge is 2.33. The van der Waals surface area contributed by atoms with Gasteiger partial charge in [0, 0.05) is 26.2 Å². The molecule has 22 heavy (non-hydrogen) atoms. The van der Waals surface area contributed by atoms with Gasteiger partial charge in [0.1, 0.15) is 0 Å². The predicted octanol–water partition coefficient (Wildman–Crippen LogP) is 0.679. The molecule has 1 aromatic carbocycles. The van der Waals surface area contributed by atoms with Crippen molar-refractivity contribution in [2.45, 2.75) is 25.9 Å². The number of rotatable bonds is 7. The third kappa shape index (κ3) is 5.65. The van der Waals surface area contributed by atoms with E-state index in [1.54, 1.807) is 7.05 Å². The summed E-state index contributed by atoms with van der Waals surface area (Å²) in [6.07, 6.45) is 1.14. The zero-order chi connectivity index (χ0) is 16.0. The Morgan fingerprint density at radius 3 is 2.59 bits per heavy atom. The molecular formula is C15H24N4O2S. The number of sulfonamides is 1. The van der Waals surface area contributed by atoms with Crippen LogP contribution in [0.5, 0.6) is 0 Å². The third-order valence-corrected chi connectivity index (χ3v) is 4.98. The second-order valence-corrected chi connectivity index (χ2v) is 7.51. The van der Waals surface area contributed by atoms with E-state index in [0.717, 1.165) is 12.0 Å². The largest absolute Gasteiger partial charge is 0.355 e. The summed E-state index contributed by atoms with van der Waals surface area (Å²) in [5.41, 5.74) is 0.944. The quantitative estimate of drug-likeness (QED) is 0.509. The molecule has 2 unspecified atom stereocenters. The first-order chi connectivity index (χ1) is 10.5. The van der Waals surface area contributed by atoms with Crippen LogP contribution in [0.15, 0.2) is 35.3 Å². The maximum atomic E-state index is 11.9. The minimum Gasteiger partial charge on any atom is -0.355 e. The molecule has 0 bridgehead atoms.